The predicted molar refractivity (Wildman–Crippen MR) is 52.3 cm³/mol. The topological polar surface area (TPSA) is 82.1 Å². The molecule has 1 aliphatic rings. The molecule has 0 aliphatic carbocycles. The van der Waals surface area contributed by atoms with Crippen LogP contribution in [-0.4, -0.2) is 41.6 Å². The average Bonchev–Trinajstić information content (AvgIpc) is 2.09. The fourth-order valence-electron chi connectivity index (χ4n) is 1.71. The summed E-state index contributed by atoms with van der Waals surface area (Å²) >= 11 is 0. The van der Waals surface area contributed by atoms with E-state index in [2.05, 4.69) is 0 Å². The number of hydrogen-bond donors (Lipinski definition) is 1. The van der Waals surface area contributed by atoms with Gasteiger partial charge >= 0.3 is 11.9 Å². The molecule has 1 aliphatic heterocycles. The molecule has 1 saturated heterocycles. The van der Waals surface area contributed by atoms with Gasteiger partial charge in [-0.1, -0.05) is 0 Å². The van der Waals surface area contributed by atoms with E-state index in [4.69, 9.17) is 14.2 Å². The molecular formula is C10H16O6. The van der Waals surface area contributed by atoms with Gasteiger partial charge in [0.15, 0.2) is 12.4 Å². The molecule has 1 heterocycles. The van der Waals surface area contributed by atoms with Crippen LogP contribution in [0, 0.1) is 0 Å². The molecule has 1 fully saturated rings. The lowest BCUT2D eigenvalue weighted by molar-refractivity contribution is -0.241. The minimum atomic E-state index is -1.01. The van der Waals surface area contributed by atoms with Crippen molar-refractivity contribution in [2.75, 3.05) is 0 Å². The van der Waals surface area contributed by atoms with E-state index in [1.54, 1.807) is 6.92 Å². The number of carbonyl (C=O) groups is 2. The first-order valence-electron chi connectivity index (χ1n) is 5.08. The van der Waals surface area contributed by atoms with Gasteiger partial charge in [0, 0.05) is 20.3 Å². The fourth-order valence-corrected chi connectivity index (χ4v) is 1.71. The first-order chi connectivity index (χ1) is 7.40. The number of aliphatic hydroxyl groups excluding tert-OH is 1. The molecule has 1 N–H and O–H groups in total. The standard InChI is InChI=1S/C10H16O6/c1-5-10(16-7(3)12)8(15-6(2)11)4-9(13)14-5/h5,8-10,13H,4H2,1-3H3/t5-,8+,9?,10-/m1/s1. The summed E-state index contributed by atoms with van der Waals surface area (Å²) in [6, 6.07) is 0. The average molecular weight is 232 g/mol. The van der Waals surface area contributed by atoms with E-state index >= 15 is 0 Å². The molecule has 92 valence electrons. The van der Waals surface area contributed by atoms with Crippen LogP contribution in [0.15, 0.2) is 0 Å². The molecule has 6 nitrogen and oxygen atoms in total. The van der Waals surface area contributed by atoms with Crippen molar-refractivity contribution in [2.45, 2.75) is 51.8 Å². The summed E-state index contributed by atoms with van der Waals surface area (Å²) in [6.07, 6.45) is -2.77. The Hall–Kier alpha value is -1.14. The highest BCUT2D eigenvalue weighted by atomic mass is 16.7. The molecule has 1 unspecified atom stereocenters. The molecule has 16 heavy (non-hydrogen) atoms. The quantitative estimate of drug-likeness (QED) is 0.674. The summed E-state index contributed by atoms with van der Waals surface area (Å²) in [5.41, 5.74) is 0. The molecule has 0 aromatic carbocycles. The predicted octanol–water partition coefficient (Wildman–Crippen LogP) is -0.0230. The van der Waals surface area contributed by atoms with Crippen LogP contribution in [0.25, 0.3) is 0 Å². The highest BCUT2D eigenvalue weighted by Gasteiger charge is 2.40. The van der Waals surface area contributed by atoms with Gasteiger partial charge in [0.1, 0.15) is 6.10 Å². The summed E-state index contributed by atoms with van der Waals surface area (Å²) in [5, 5.41) is 9.36. The molecular weight excluding hydrogens is 216 g/mol. The molecule has 0 aromatic heterocycles. The second kappa shape index (κ2) is 5.27. The van der Waals surface area contributed by atoms with Crippen molar-refractivity contribution in [1.82, 2.24) is 0 Å². The van der Waals surface area contributed by atoms with Crippen LogP contribution in [0.1, 0.15) is 27.2 Å². The highest BCUT2D eigenvalue weighted by molar-refractivity contribution is 5.67. The number of aliphatic hydroxyl groups is 1. The normalized spacial score (nSPS) is 34.2. The van der Waals surface area contributed by atoms with Gasteiger partial charge in [0.25, 0.3) is 0 Å². The van der Waals surface area contributed by atoms with E-state index in [1.165, 1.54) is 13.8 Å². The molecule has 0 saturated carbocycles. The third-order valence-corrected chi connectivity index (χ3v) is 2.25. The van der Waals surface area contributed by atoms with Gasteiger partial charge in [0.05, 0.1) is 6.10 Å². The molecule has 6 heteroatoms. The minimum Gasteiger partial charge on any atom is -0.458 e. The van der Waals surface area contributed by atoms with Crippen LogP contribution in [0.5, 0.6) is 0 Å². The zero-order chi connectivity index (χ0) is 12.3. The van der Waals surface area contributed by atoms with Gasteiger partial charge in [-0.15, -0.1) is 0 Å². The van der Waals surface area contributed by atoms with Crippen LogP contribution in [0.3, 0.4) is 0 Å². The Morgan fingerprint density at radius 3 is 2.31 bits per heavy atom. The first-order valence-corrected chi connectivity index (χ1v) is 5.08. The summed E-state index contributed by atoms with van der Waals surface area (Å²) in [7, 11) is 0. The third kappa shape index (κ3) is 3.46. The van der Waals surface area contributed by atoms with Crippen LogP contribution < -0.4 is 0 Å². The van der Waals surface area contributed by atoms with Crippen molar-refractivity contribution < 1.29 is 28.9 Å². The maximum absolute atomic E-state index is 10.9. The van der Waals surface area contributed by atoms with Crippen molar-refractivity contribution in [3.8, 4) is 0 Å². The zero-order valence-corrected chi connectivity index (χ0v) is 9.50. The number of hydrogen-bond acceptors (Lipinski definition) is 6. The summed E-state index contributed by atoms with van der Waals surface area (Å²) < 4.78 is 15.1. The van der Waals surface area contributed by atoms with Gasteiger partial charge in [-0.3, -0.25) is 9.59 Å². The highest BCUT2D eigenvalue weighted by Crippen LogP contribution is 2.24. The third-order valence-electron chi connectivity index (χ3n) is 2.25. The number of esters is 2. The van der Waals surface area contributed by atoms with Gasteiger partial charge in [0.2, 0.25) is 0 Å². The molecule has 0 aromatic rings. The Morgan fingerprint density at radius 2 is 1.81 bits per heavy atom. The molecule has 0 amide bonds. The van der Waals surface area contributed by atoms with Gasteiger partial charge in [-0.25, -0.2) is 0 Å². The van der Waals surface area contributed by atoms with Crippen molar-refractivity contribution in [1.29, 1.82) is 0 Å². The number of rotatable bonds is 2. The van der Waals surface area contributed by atoms with Gasteiger partial charge < -0.3 is 19.3 Å². The van der Waals surface area contributed by atoms with E-state index in [-0.39, 0.29) is 6.42 Å². The Labute approximate surface area is 93.5 Å². The fraction of sp³-hybridized carbons (Fsp3) is 0.800. The van der Waals surface area contributed by atoms with Gasteiger partial charge in [-0.2, -0.15) is 0 Å². The lowest BCUT2D eigenvalue weighted by Crippen LogP contribution is -2.50. The maximum atomic E-state index is 10.9. The van der Waals surface area contributed by atoms with Crippen LogP contribution in [0.4, 0.5) is 0 Å². The van der Waals surface area contributed by atoms with E-state index < -0.39 is 36.5 Å². The van der Waals surface area contributed by atoms with E-state index in [1.807, 2.05) is 0 Å². The van der Waals surface area contributed by atoms with E-state index in [0.717, 1.165) is 0 Å². The minimum absolute atomic E-state index is 0.0991. The van der Waals surface area contributed by atoms with E-state index in [0.29, 0.717) is 0 Å². The van der Waals surface area contributed by atoms with Crippen LogP contribution >= 0.6 is 0 Å². The lowest BCUT2D eigenvalue weighted by Gasteiger charge is -2.37. The molecule has 4 atom stereocenters. The van der Waals surface area contributed by atoms with Crippen molar-refractivity contribution in [3.05, 3.63) is 0 Å². The Morgan fingerprint density at radius 1 is 1.25 bits per heavy atom. The second-order valence-corrected chi connectivity index (χ2v) is 3.75. The lowest BCUT2D eigenvalue weighted by atomic mass is 10.0. The molecule has 0 spiro atoms. The Balaban J connectivity index is 2.71. The summed E-state index contributed by atoms with van der Waals surface area (Å²) in [6.45, 7) is 4.17. The summed E-state index contributed by atoms with van der Waals surface area (Å²) in [4.78, 5) is 21.8. The number of ether oxygens (including phenoxy) is 3. The monoisotopic (exact) mass is 232 g/mol. The van der Waals surface area contributed by atoms with Crippen LogP contribution in [0.2, 0.25) is 0 Å². The van der Waals surface area contributed by atoms with Crippen molar-refractivity contribution >= 4 is 11.9 Å². The zero-order valence-electron chi connectivity index (χ0n) is 9.50. The van der Waals surface area contributed by atoms with Crippen LogP contribution in [-0.2, 0) is 23.8 Å². The Kier molecular flexibility index (Phi) is 4.26. The molecule has 1 rings (SSSR count). The number of carbonyl (C=O) groups excluding carboxylic acids is 2. The Bertz CT molecular complexity index is 276. The summed E-state index contributed by atoms with van der Waals surface area (Å²) in [5.74, 6) is -0.961. The smallest absolute Gasteiger partial charge is 0.303 e. The molecule has 0 radical (unpaired) electrons. The van der Waals surface area contributed by atoms with Crippen molar-refractivity contribution in [2.24, 2.45) is 0 Å². The molecule has 0 bridgehead atoms. The van der Waals surface area contributed by atoms with Crippen molar-refractivity contribution in [3.63, 3.8) is 0 Å². The first kappa shape index (κ1) is 12.9. The van der Waals surface area contributed by atoms with E-state index in [9.17, 15) is 14.7 Å². The largest absolute Gasteiger partial charge is 0.458 e. The SMILES string of the molecule is CC(=O)O[C@H]1[C@@H](OC(C)=O)CC(O)O[C@@H]1C. The second-order valence-electron chi connectivity index (χ2n) is 3.75. The maximum Gasteiger partial charge on any atom is 0.303 e. The van der Waals surface area contributed by atoms with Gasteiger partial charge in [-0.05, 0) is 6.92 Å².